The maximum absolute atomic E-state index is 13.0. The molecule has 0 spiro atoms. The third-order valence-corrected chi connectivity index (χ3v) is 8.02. The second kappa shape index (κ2) is 7.86. The molecule has 0 bridgehead atoms. The molecule has 4 aromatic rings. The Hall–Kier alpha value is -4.35. The van der Waals surface area contributed by atoms with Gasteiger partial charge in [-0.25, -0.2) is 13.1 Å². The lowest BCUT2D eigenvalue weighted by atomic mass is 10.3. The number of sulfone groups is 1. The van der Waals surface area contributed by atoms with Crippen molar-refractivity contribution in [3.8, 4) is 11.8 Å². The number of para-hydroxylation sites is 2. The summed E-state index contributed by atoms with van der Waals surface area (Å²) in [6, 6.07) is 14.5. The summed E-state index contributed by atoms with van der Waals surface area (Å²) < 4.78 is 52.7. The van der Waals surface area contributed by atoms with Crippen LogP contribution in [0.1, 0.15) is 11.3 Å². The number of aromatic nitrogens is 4. The van der Waals surface area contributed by atoms with Crippen molar-refractivity contribution in [1.29, 1.82) is 5.26 Å². The minimum Gasteiger partial charge on any atom is -0.336 e. The van der Waals surface area contributed by atoms with Crippen LogP contribution in [0.25, 0.3) is 5.69 Å². The first kappa shape index (κ1) is 22.4. The van der Waals surface area contributed by atoms with Gasteiger partial charge in [-0.1, -0.05) is 24.3 Å². The fourth-order valence-corrected chi connectivity index (χ4v) is 5.94. The molecule has 0 saturated heterocycles. The highest BCUT2D eigenvalue weighted by atomic mass is 32.2. The number of fused-ring (bicyclic) bond motifs is 2. The number of aryl methyl sites for hydroxylation is 1. The summed E-state index contributed by atoms with van der Waals surface area (Å²) in [5.41, 5.74) is 1.00. The molecule has 0 atom stereocenters. The maximum Gasteiger partial charge on any atom is 0.287 e. The van der Waals surface area contributed by atoms with Crippen LogP contribution >= 0.6 is 0 Å². The van der Waals surface area contributed by atoms with Crippen molar-refractivity contribution in [3.05, 3.63) is 66.0 Å². The van der Waals surface area contributed by atoms with Gasteiger partial charge in [0.15, 0.2) is 27.2 Å². The quantitative estimate of drug-likeness (QED) is 0.361. The SMILES string of the molecule is Cc1nn2c(c1/N=N/c1c(C#N)cnn1-c1ccccc1S(C)(=O)=O)Nc1ccccc1S2(=O)=O. The van der Waals surface area contributed by atoms with Gasteiger partial charge in [-0.2, -0.15) is 23.9 Å². The Morgan fingerprint density at radius 2 is 1.80 bits per heavy atom. The maximum atomic E-state index is 13.0. The monoisotopic (exact) mass is 508 g/mol. The number of nitriles is 1. The van der Waals surface area contributed by atoms with Gasteiger partial charge in [0.05, 0.1) is 28.2 Å². The van der Waals surface area contributed by atoms with Crippen LogP contribution in [0.2, 0.25) is 0 Å². The van der Waals surface area contributed by atoms with E-state index < -0.39 is 19.9 Å². The average Bonchev–Trinajstić information content (AvgIpc) is 3.38. The normalized spacial score (nSPS) is 14.2. The highest BCUT2D eigenvalue weighted by Crippen LogP contribution is 2.41. The Morgan fingerprint density at radius 1 is 1.09 bits per heavy atom. The summed E-state index contributed by atoms with van der Waals surface area (Å²) in [5.74, 6) is 0.0630. The molecule has 176 valence electrons. The summed E-state index contributed by atoms with van der Waals surface area (Å²) >= 11 is 0. The molecule has 0 fully saturated rings. The van der Waals surface area contributed by atoms with Crippen molar-refractivity contribution in [2.24, 2.45) is 10.2 Å². The van der Waals surface area contributed by atoms with Gasteiger partial charge in [0, 0.05) is 6.26 Å². The van der Waals surface area contributed by atoms with Crippen molar-refractivity contribution in [2.75, 3.05) is 11.6 Å². The summed E-state index contributed by atoms with van der Waals surface area (Å²) in [4.78, 5) is 0.0632. The Labute approximate surface area is 200 Å². The lowest BCUT2D eigenvalue weighted by Gasteiger charge is -2.19. The van der Waals surface area contributed by atoms with Crippen LogP contribution in [-0.4, -0.2) is 42.1 Å². The largest absolute Gasteiger partial charge is 0.336 e. The smallest absolute Gasteiger partial charge is 0.287 e. The number of azo groups is 1. The molecule has 0 unspecified atom stereocenters. The van der Waals surface area contributed by atoms with Crippen LogP contribution in [0.4, 0.5) is 23.0 Å². The molecule has 2 aromatic heterocycles. The zero-order chi connectivity index (χ0) is 25.0. The molecule has 0 radical (unpaired) electrons. The average molecular weight is 509 g/mol. The molecule has 35 heavy (non-hydrogen) atoms. The second-order valence-electron chi connectivity index (χ2n) is 7.60. The second-order valence-corrected chi connectivity index (χ2v) is 11.3. The molecule has 3 heterocycles. The van der Waals surface area contributed by atoms with E-state index in [0.29, 0.717) is 5.69 Å². The van der Waals surface area contributed by atoms with Crippen LogP contribution in [0, 0.1) is 18.3 Å². The van der Waals surface area contributed by atoms with Gasteiger partial charge in [0.25, 0.3) is 10.0 Å². The minimum absolute atomic E-state index is 0.00694. The number of benzene rings is 2. The van der Waals surface area contributed by atoms with Crippen LogP contribution in [0.15, 0.2) is 74.7 Å². The van der Waals surface area contributed by atoms with Crippen molar-refractivity contribution in [3.63, 3.8) is 0 Å². The van der Waals surface area contributed by atoms with Gasteiger partial charge in [0.1, 0.15) is 16.5 Å². The predicted molar refractivity (Wildman–Crippen MR) is 125 cm³/mol. The molecule has 0 aliphatic carbocycles. The van der Waals surface area contributed by atoms with E-state index in [9.17, 15) is 22.1 Å². The molecule has 14 heteroatoms. The fourth-order valence-electron chi connectivity index (χ4n) is 3.65. The highest BCUT2D eigenvalue weighted by Gasteiger charge is 2.33. The van der Waals surface area contributed by atoms with E-state index in [0.717, 1.165) is 10.3 Å². The molecular formula is C21H16N8O4S2. The standard InChI is InChI=1S/C21H16N8O4S2/c1-13-19(21-24-15-7-3-5-9-17(15)35(32,33)29(21)27-13)25-26-20-14(11-22)12-23-28(20)16-8-4-6-10-18(16)34(2,30)31/h3-10,12,24H,1-2H3/b26-25+. The minimum atomic E-state index is -3.96. The summed E-state index contributed by atoms with van der Waals surface area (Å²) in [7, 11) is -7.58. The Morgan fingerprint density at radius 3 is 2.54 bits per heavy atom. The zero-order valence-corrected chi connectivity index (χ0v) is 19.9. The van der Waals surface area contributed by atoms with Crippen molar-refractivity contribution in [1.82, 2.24) is 19.0 Å². The van der Waals surface area contributed by atoms with Gasteiger partial charge in [0.2, 0.25) is 0 Å². The molecule has 1 aliphatic heterocycles. The predicted octanol–water partition coefficient (Wildman–Crippen LogP) is 3.36. The molecule has 5 rings (SSSR count). The topological polar surface area (TPSA) is 164 Å². The zero-order valence-electron chi connectivity index (χ0n) is 18.3. The van der Waals surface area contributed by atoms with Gasteiger partial charge >= 0.3 is 0 Å². The lowest BCUT2D eigenvalue weighted by Crippen LogP contribution is -2.22. The van der Waals surface area contributed by atoms with Gasteiger partial charge < -0.3 is 5.32 Å². The number of nitrogens with zero attached hydrogens (tertiary/aromatic N) is 7. The molecular weight excluding hydrogens is 492 g/mol. The third kappa shape index (κ3) is 3.57. The van der Waals surface area contributed by atoms with E-state index in [4.69, 9.17) is 0 Å². The Balaban J connectivity index is 1.66. The van der Waals surface area contributed by atoms with Gasteiger partial charge in [-0.3, -0.25) is 0 Å². The van der Waals surface area contributed by atoms with Crippen LogP contribution in [0.3, 0.4) is 0 Å². The summed E-state index contributed by atoms with van der Waals surface area (Å²) in [6.45, 7) is 1.57. The molecule has 12 nitrogen and oxygen atoms in total. The number of rotatable bonds is 4. The number of anilines is 2. The summed E-state index contributed by atoms with van der Waals surface area (Å²) in [6.07, 6.45) is 2.31. The van der Waals surface area contributed by atoms with Gasteiger partial charge in [-0.15, -0.1) is 14.3 Å². The summed E-state index contributed by atoms with van der Waals surface area (Å²) in [5, 5.41) is 29.2. The van der Waals surface area contributed by atoms with E-state index in [-0.39, 0.29) is 44.1 Å². The molecule has 2 aromatic carbocycles. The van der Waals surface area contributed by atoms with Crippen LogP contribution in [0.5, 0.6) is 0 Å². The van der Waals surface area contributed by atoms with E-state index in [1.165, 1.54) is 29.1 Å². The van der Waals surface area contributed by atoms with Crippen molar-refractivity contribution < 1.29 is 16.8 Å². The van der Waals surface area contributed by atoms with Crippen LogP contribution < -0.4 is 5.32 Å². The van der Waals surface area contributed by atoms with E-state index in [2.05, 4.69) is 25.7 Å². The lowest BCUT2D eigenvalue weighted by molar-refractivity contribution is 0.579. The van der Waals surface area contributed by atoms with Gasteiger partial charge in [-0.05, 0) is 31.2 Å². The number of hydrogen-bond donors (Lipinski definition) is 1. The van der Waals surface area contributed by atoms with E-state index in [1.54, 1.807) is 37.3 Å². The molecule has 1 N–H and O–H groups in total. The molecule has 0 saturated carbocycles. The number of nitrogens with one attached hydrogen (secondary N) is 1. The Kier molecular flexibility index (Phi) is 5.04. The van der Waals surface area contributed by atoms with Crippen molar-refractivity contribution >= 4 is 42.9 Å². The first-order valence-corrected chi connectivity index (χ1v) is 13.4. The molecule has 1 aliphatic rings. The van der Waals surface area contributed by atoms with E-state index >= 15 is 0 Å². The van der Waals surface area contributed by atoms with E-state index in [1.807, 2.05) is 6.07 Å². The highest BCUT2D eigenvalue weighted by molar-refractivity contribution is 7.91. The van der Waals surface area contributed by atoms with Crippen LogP contribution in [-0.2, 0) is 19.9 Å². The first-order chi connectivity index (χ1) is 16.6. The fraction of sp³-hybridized carbons (Fsp3) is 0.0952. The molecule has 0 amide bonds. The Bertz CT molecular complexity index is 1790. The third-order valence-electron chi connectivity index (χ3n) is 5.25. The number of hydrogen-bond acceptors (Lipinski definition) is 10. The first-order valence-electron chi connectivity index (χ1n) is 10.0. The van der Waals surface area contributed by atoms with Crippen molar-refractivity contribution in [2.45, 2.75) is 16.7 Å².